The topological polar surface area (TPSA) is 78.0 Å². The van der Waals surface area contributed by atoms with Crippen molar-refractivity contribution in [3.8, 4) is 0 Å². The van der Waals surface area contributed by atoms with Crippen LogP contribution < -0.4 is 0 Å². The number of alkyl halides is 3. The summed E-state index contributed by atoms with van der Waals surface area (Å²) in [7, 11) is -3.77. The Hall–Kier alpha value is -1.85. The van der Waals surface area contributed by atoms with Crippen LogP contribution in [0.25, 0.3) is 0 Å². The van der Waals surface area contributed by atoms with E-state index in [4.69, 9.17) is 11.6 Å². The van der Waals surface area contributed by atoms with Gasteiger partial charge in [-0.1, -0.05) is 17.7 Å². The number of urea groups is 1. The van der Waals surface area contributed by atoms with Crippen molar-refractivity contribution >= 4 is 33.6 Å². The van der Waals surface area contributed by atoms with Crippen LogP contribution in [0, 0.1) is 0 Å². The fraction of sp³-hybridized carbons (Fsp3) is 0.500. The fourth-order valence-corrected chi connectivity index (χ4v) is 5.12. The van der Waals surface area contributed by atoms with Crippen LogP contribution in [0.3, 0.4) is 0 Å². The second kappa shape index (κ2) is 7.53. The predicted molar refractivity (Wildman–Crippen MR) is 93.1 cm³/mol. The number of hydrogen-bond acceptors (Lipinski definition) is 4. The Morgan fingerprint density at radius 2 is 1.79 bits per heavy atom. The molecule has 0 aromatic heterocycles. The first-order valence-corrected chi connectivity index (χ1v) is 10.2. The maximum atomic E-state index is 12.7. The first-order valence-electron chi connectivity index (χ1n) is 8.42. The van der Waals surface area contributed by atoms with E-state index >= 15 is 0 Å². The molecule has 2 aliphatic rings. The molecule has 0 unspecified atom stereocenters. The highest BCUT2D eigenvalue weighted by atomic mass is 35.5. The number of carbonyl (C=O) groups is 2. The van der Waals surface area contributed by atoms with Gasteiger partial charge in [-0.15, -0.1) is 0 Å². The monoisotopic (exact) mass is 439 g/mol. The summed E-state index contributed by atoms with van der Waals surface area (Å²) in [6.07, 6.45) is -4.23. The summed E-state index contributed by atoms with van der Waals surface area (Å²) in [5.74, 6) is -0.906. The number of nitrogens with zero attached hydrogens (tertiary/aromatic N) is 3. The highest BCUT2D eigenvalue weighted by molar-refractivity contribution is 7.89. The molecule has 1 aromatic carbocycles. The highest BCUT2D eigenvalue weighted by Crippen LogP contribution is 2.28. The van der Waals surface area contributed by atoms with E-state index in [1.54, 1.807) is 6.07 Å². The van der Waals surface area contributed by atoms with Crippen molar-refractivity contribution in [1.82, 2.24) is 14.1 Å². The largest absolute Gasteiger partial charge is 0.406 e. The lowest BCUT2D eigenvalue weighted by Crippen LogP contribution is -2.48. The summed E-state index contributed by atoms with van der Waals surface area (Å²) in [6.45, 7) is -1.89. The third-order valence-corrected chi connectivity index (χ3v) is 6.85. The van der Waals surface area contributed by atoms with Crippen LogP contribution in [0.15, 0.2) is 29.2 Å². The lowest BCUT2D eigenvalue weighted by atomic mass is 10.1. The molecule has 1 aromatic rings. The van der Waals surface area contributed by atoms with Crippen LogP contribution in [0.2, 0.25) is 5.02 Å². The summed E-state index contributed by atoms with van der Waals surface area (Å²) in [5.41, 5.74) is 0. The van der Waals surface area contributed by atoms with E-state index in [1.165, 1.54) is 22.5 Å². The van der Waals surface area contributed by atoms with Crippen molar-refractivity contribution in [3.05, 3.63) is 29.3 Å². The molecule has 0 bridgehead atoms. The van der Waals surface area contributed by atoms with Crippen molar-refractivity contribution in [2.24, 2.45) is 0 Å². The standard InChI is InChI=1S/C16H17ClF3N3O4S/c17-11-2-1-3-13(8-11)28(26,27)21-6-4-12(5-7-21)22-9-14(24)23(15(22)25)10-16(18,19)20/h1-3,8,12H,4-7,9-10H2. The van der Waals surface area contributed by atoms with Crippen molar-refractivity contribution < 1.29 is 31.2 Å². The predicted octanol–water partition coefficient (Wildman–Crippen LogP) is 2.32. The number of rotatable bonds is 4. The molecule has 2 saturated heterocycles. The molecule has 7 nitrogen and oxygen atoms in total. The van der Waals surface area contributed by atoms with Gasteiger partial charge in [-0.25, -0.2) is 13.2 Å². The second-order valence-electron chi connectivity index (χ2n) is 6.60. The average molecular weight is 440 g/mol. The lowest BCUT2D eigenvalue weighted by Gasteiger charge is -2.35. The fourth-order valence-electron chi connectivity index (χ4n) is 3.35. The average Bonchev–Trinajstić information content (AvgIpc) is 2.89. The van der Waals surface area contributed by atoms with Crippen molar-refractivity contribution in [2.75, 3.05) is 26.2 Å². The van der Waals surface area contributed by atoms with Crippen molar-refractivity contribution in [3.63, 3.8) is 0 Å². The molecule has 12 heteroatoms. The minimum Gasteiger partial charge on any atom is -0.312 e. The van der Waals surface area contributed by atoms with E-state index in [0.717, 1.165) is 4.90 Å². The number of hydrogen-bond donors (Lipinski definition) is 0. The zero-order valence-electron chi connectivity index (χ0n) is 14.5. The minimum atomic E-state index is -4.67. The van der Waals surface area contributed by atoms with Gasteiger partial charge in [0, 0.05) is 24.2 Å². The Morgan fingerprint density at radius 1 is 1.14 bits per heavy atom. The van der Waals surface area contributed by atoms with Gasteiger partial charge < -0.3 is 4.90 Å². The van der Waals surface area contributed by atoms with Gasteiger partial charge in [-0.2, -0.15) is 17.5 Å². The number of benzene rings is 1. The van der Waals surface area contributed by atoms with E-state index in [-0.39, 0.29) is 40.7 Å². The number of piperidine rings is 1. The Kier molecular flexibility index (Phi) is 5.61. The van der Waals surface area contributed by atoms with Crippen LogP contribution in [-0.4, -0.2) is 72.9 Å². The number of carbonyl (C=O) groups excluding carboxylic acids is 2. The molecule has 2 fully saturated rings. The smallest absolute Gasteiger partial charge is 0.312 e. The number of imide groups is 1. The SMILES string of the molecule is O=C1CN(C2CCN(S(=O)(=O)c3cccc(Cl)c3)CC2)C(=O)N1CC(F)(F)F. The van der Waals surface area contributed by atoms with Gasteiger partial charge in [0.05, 0.1) is 4.90 Å². The molecule has 0 N–H and O–H groups in total. The molecule has 2 heterocycles. The van der Waals surface area contributed by atoms with Crippen LogP contribution in [0.1, 0.15) is 12.8 Å². The Labute approximate surface area is 164 Å². The second-order valence-corrected chi connectivity index (χ2v) is 8.97. The third-order valence-electron chi connectivity index (χ3n) is 4.72. The number of sulfonamides is 1. The first kappa shape index (κ1) is 20.9. The molecule has 0 radical (unpaired) electrons. The van der Waals surface area contributed by atoms with Gasteiger partial charge in [0.2, 0.25) is 10.0 Å². The van der Waals surface area contributed by atoms with Gasteiger partial charge in [0.25, 0.3) is 5.91 Å². The number of halogens is 4. The quantitative estimate of drug-likeness (QED) is 0.674. The van der Waals surface area contributed by atoms with Crippen molar-refractivity contribution in [2.45, 2.75) is 30.0 Å². The zero-order chi connectivity index (χ0) is 20.7. The molecule has 0 aliphatic carbocycles. The molecule has 3 rings (SSSR count). The van der Waals surface area contributed by atoms with Gasteiger partial charge in [-0.05, 0) is 31.0 Å². The molecular weight excluding hydrogens is 423 g/mol. The van der Waals surface area contributed by atoms with Gasteiger partial charge in [0.15, 0.2) is 0 Å². The summed E-state index contributed by atoms with van der Waals surface area (Å²) < 4.78 is 64.3. The highest BCUT2D eigenvalue weighted by Gasteiger charge is 2.46. The van der Waals surface area contributed by atoms with Gasteiger partial charge >= 0.3 is 12.2 Å². The minimum absolute atomic E-state index is 0.0437. The van der Waals surface area contributed by atoms with E-state index < -0.39 is 47.3 Å². The first-order chi connectivity index (χ1) is 13.0. The normalized spacial score (nSPS) is 20.3. The third kappa shape index (κ3) is 4.26. The van der Waals surface area contributed by atoms with Crippen LogP contribution in [-0.2, 0) is 14.8 Å². The molecular formula is C16H17ClF3N3O4S. The molecule has 2 aliphatic heterocycles. The lowest BCUT2D eigenvalue weighted by molar-refractivity contribution is -0.151. The number of amides is 3. The molecule has 0 saturated carbocycles. The van der Waals surface area contributed by atoms with E-state index in [1.807, 2.05) is 0 Å². The van der Waals surface area contributed by atoms with Crippen molar-refractivity contribution in [1.29, 1.82) is 0 Å². The maximum Gasteiger partial charge on any atom is 0.406 e. The summed E-state index contributed by atoms with van der Waals surface area (Å²) >= 11 is 5.84. The molecule has 154 valence electrons. The molecule has 3 amide bonds. The Balaban J connectivity index is 1.66. The van der Waals surface area contributed by atoms with Gasteiger partial charge in [0.1, 0.15) is 13.1 Å². The Morgan fingerprint density at radius 3 is 2.36 bits per heavy atom. The zero-order valence-corrected chi connectivity index (χ0v) is 16.1. The van der Waals surface area contributed by atoms with Crippen LogP contribution in [0.4, 0.5) is 18.0 Å². The molecule has 0 spiro atoms. The van der Waals surface area contributed by atoms with E-state index in [9.17, 15) is 31.2 Å². The summed E-state index contributed by atoms with van der Waals surface area (Å²) in [6, 6.07) is 4.34. The Bertz CT molecular complexity index is 885. The van der Waals surface area contributed by atoms with Gasteiger partial charge in [-0.3, -0.25) is 9.69 Å². The van der Waals surface area contributed by atoms with Crippen LogP contribution >= 0.6 is 11.6 Å². The summed E-state index contributed by atoms with van der Waals surface area (Å²) in [5, 5.41) is 0.280. The molecule has 28 heavy (non-hydrogen) atoms. The van der Waals surface area contributed by atoms with E-state index in [0.29, 0.717) is 0 Å². The molecule has 0 atom stereocenters. The van der Waals surface area contributed by atoms with E-state index in [2.05, 4.69) is 0 Å². The summed E-state index contributed by atoms with van der Waals surface area (Å²) in [4.78, 5) is 25.3. The van der Waals surface area contributed by atoms with Crippen LogP contribution in [0.5, 0.6) is 0 Å². The maximum absolute atomic E-state index is 12.7.